The third kappa shape index (κ3) is 1.65. The van der Waals surface area contributed by atoms with E-state index < -0.39 is 18.5 Å². The van der Waals surface area contributed by atoms with Crippen LogP contribution in [0.2, 0.25) is 0 Å². The van der Waals surface area contributed by atoms with Gasteiger partial charge >= 0.3 is 0 Å². The van der Waals surface area contributed by atoms with Gasteiger partial charge in [0.15, 0.2) is 12.4 Å². The molecule has 2 fully saturated rings. The molecular formula is C14H15NO5. The van der Waals surface area contributed by atoms with Gasteiger partial charge in [0.05, 0.1) is 31.5 Å². The molecule has 1 N–H and O–H groups in total. The Hall–Kier alpha value is -1.63. The molecule has 0 amide bonds. The molecule has 6 heteroatoms. The van der Waals surface area contributed by atoms with Gasteiger partial charge in [-0.05, 0) is 24.3 Å². The lowest BCUT2D eigenvalue weighted by Crippen LogP contribution is -2.51. The van der Waals surface area contributed by atoms with Gasteiger partial charge in [-0.3, -0.25) is 0 Å². The van der Waals surface area contributed by atoms with Crippen molar-refractivity contribution in [1.82, 2.24) is 0 Å². The van der Waals surface area contributed by atoms with E-state index in [2.05, 4.69) is 5.16 Å². The van der Waals surface area contributed by atoms with E-state index in [-0.39, 0.29) is 12.0 Å². The number of methoxy groups -OCH3 is 1. The first kappa shape index (κ1) is 12.1. The Bertz CT molecular complexity index is 543. The van der Waals surface area contributed by atoms with Gasteiger partial charge in [0.2, 0.25) is 0 Å². The standard InChI is InChI=1S/C14H15NO5/c1-17-8-4-2-7(3-5-8)11-10-9-6-18-14(19-9)12(16)13(10)20-15-11/h2-5,9-10,12-14,16H,6H2,1H3/t9-,10+,12+,13+,14-/m1/s1. The second-order valence-corrected chi connectivity index (χ2v) is 5.17. The van der Waals surface area contributed by atoms with Gasteiger partial charge in [0.25, 0.3) is 0 Å². The predicted octanol–water partition coefficient (Wildman–Crippen LogP) is 0.530. The van der Waals surface area contributed by atoms with Crippen molar-refractivity contribution in [3.63, 3.8) is 0 Å². The van der Waals surface area contributed by atoms with Crippen molar-refractivity contribution < 1.29 is 24.2 Å². The molecule has 0 saturated carbocycles. The summed E-state index contributed by atoms with van der Waals surface area (Å²) in [4.78, 5) is 5.42. The van der Waals surface area contributed by atoms with Crippen molar-refractivity contribution >= 4 is 5.71 Å². The van der Waals surface area contributed by atoms with Crippen molar-refractivity contribution in [3.8, 4) is 5.75 Å². The van der Waals surface area contributed by atoms with E-state index in [4.69, 9.17) is 19.0 Å². The maximum atomic E-state index is 10.1. The first-order chi connectivity index (χ1) is 9.78. The number of aliphatic hydroxyl groups is 1. The molecule has 4 rings (SSSR count). The molecular weight excluding hydrogens is 262 g/mol. The number of fused-ring (bicyclic) bond motifs is 4. The van der Waals surface area contributed by atoms with Gasteiger partial charge in [0, 0.05) is 5.56 Å². The van der Waals surface area contributed by atoms with Crippen LogP contribution in [0.4, 0.5) is 0 Å². The fraction of sp³-hybridized carbons (Fsp3) is 0.500. The summed E-state index contributed by atoms with van der Waals surface area (Å²) in [6.07, 6.45) is -1.90. The minimum atomic E-state index is -0.807. The van der Waals surface area contributed by atoms with Crippen LogP contribution in [0.25, 0.3) is 0 Å². The lowest BCUT2D eigenvalue weighted by molar-refractivity contribution is -0.207. The Morgan fingerprint density at radius 1 is 1.30 bits per heavy atom. The van der Waals surface area contributed by atoms with E-state index in [9.17, 15) is 5.11 Å². The summed E-state index contributed by atoms with van der Waals surface area (Å²) in [5.41, 5.74) is 1.74. The fourth-order valence-corrected chi connectivity index (χ4v) is 3.03. The molecule has 2 bridgehead atoms. The van der Waals surface area contributed by atoms with E-state index in [1.54, 1.807) is 7.11 Å². The van der Waals surface area contributed by atoms with Crippen LogP contribution in [0.15, 0.2) is 29.4 Å². The van der Waals surface area contributed by atoms with Crippen LogP contribution >= 0.6 is 0 Å². The maximum Gasteiger partial charge on any atom is 0.187 e. The average Bonchev–Trinajstić information content (AvgIpc) is 3.11. The Morgan fingerprint density at radius 3 is 2.85 bits per heavy atom. The molecule has 3 aliphatic heterocycles. The van der Waals surface area contributed by atoms with Crippen molar-refractivity contribution in [2.24, 2.45) is 11.1 Å². The third-order valence-corrected chi connectivity index (χ3v) is 4.08. The zero-order chi connectivity index (χ0) is 13.7. The van der Waals surface area contributed by atoms with E-state index >= 15 is 0 Å². The summed E-state index contributed by atoms with van der Waals surface area (Å²) in [7, 11) is 1.63. The quantitative estimate of drug-likeness (QED) is 0.854. The minimum Gasteiger partial charge on any atom is -0.497 e. The van der Waals surface area contributed by atoms with E-state index in [0.29, 0.717) is 6.61 Å². The summed E-state index contributed by atoms with van der Waals surface area (Å²) in [5, 5.41) is 14.3. The van der Waals surface area contributed by atoms with Gasteiger partial charge in [-0.1, -0.05) is 5.16 Å². The Labute approximate surface area is 115 Å². The van der Waals surface area contributed by atoms with Crippen molar-refractivity contribution in [2.75, 3.05) is 13.7 Å². The Morgan fingerprint density at radius 2 is 2.10 bits per heavy atom. The minimum absolute atomic E-state index is 0.0999. The highest BCUT2D eigenvalue weighted by atomic mass is 16.7. The van der Waals surface area contributed by atoms with Crippen LogP contribution in [0, 0.1) is 5.92 Å². The second kappa shape index (κ2) is 4.44. The number of aliphatic hydroxyl groups excluding tert-OH is 1. The molecule has 0 spiro atoms. The van der Waals surface area contributed by atoms with Gasteiger partial charge in [-0.2, -0.15) is 0 Å². The van der Waals surface area contributed by atoms with Gasteiger partial charge in [0.1, 0.15) is 11.9 Å². The Kier molecular flexibility index (Phi) is 2.70. The van der Waals surface area contributed by atoms with E-state index in [0.717, 1.165) is 17.0 Å². The van der Waals surface area contributed by atoms with Crippen molar-refractivity contribution in [2.45, 2.75) is 24.6 Å². The third-order valence-electron chi connectivity index (χ3n) is 4.08. The lowest BCUT2D eigenvalue weighted by atomic mass is 9.84. The van der Waals surface area contributed by atoms with E-state index in [1.165, 1.54) is 0 Å². The summed E-state index contributed by atoms with van der Waals surface area (Å²) in [6.45, 7) is 0.460. The number of hydrogen-bond donors (Lipinski definition) is 1. The monoisotopic (exact) mass is 277 g/mol. The summed E-state index contributed by atoms with van der Waals surface area (Å²) >= 11 is 0. The highest BCUT2D eigenvalue weighted by molar-refractivity contribution is 6.03. The SMILES string of the molecule is COc1ccc(C2=NO[C@@H]3[C@H](O)[C@@H]4OC[C@@H](O4)[C@@H]23)cc1. The molecule has 0 unspecified atom stereocenters. The summed E-state index contributed by atoms with van der Waals surface area (Å²) < 4.78 is 16.2. The number of benzene rings is 1. The number of oxime groups is 1. The zero-order valence-electron chi connectivity index (χ0n) is 10.9. The molecule has 5 atom stereocenters. The highest BCUT2D eigenvalue weighted by Crippen LogP contribution is 2.39. The molecule has 106 valence electrons. The normalized spacial score (nSPS) is 38.1. The molecule has 0 aliphatic carbocycles. The smallest absolute Gasteiger partial charge is 0.187 e. The van der Waals surface area contributed by atoms with E-state index in [1.807, 2.05) is 24.3 Å². The first-order valence-corrected chi connectivity index (χ1v) is 6.61. The molecule has 1 aromatic rings. The summed E-state index contributed by atoms with van der Waals surface area (Å²) in [5.74, 6) is 0.686. The molecule has 2 saturated heterocycles. The van der Waals surface area contributed by atoms with Crippen LogP contribution in [0.1, 0.15) is 5.56 Å². The maximum absolute atomic E-state index is 10.1. The predicted molar refractivity (Wildman–Crippen MR) is 68.5 cm³/mol. The molecule has 1 aromatic carbocycles. The average molecular weight is 277 g/mol. The van der Waals surface area contributed by atoms with Gasteiger partial charge < -0.3 is 24.2 Å². The molecule has 0 aromatic heterocycles. The molecule has 0 radical (unpaired) electrons. The van der Waals surface area contributed by atoms with Crippen LogP contribution in [-0.2, 0) is 14.3 Å². The van der Waals surface area contributed by atoms with Crippen molar-refractivity contribution in [3.05, 3.63) is 29.8 Å². The molecule has 3 heterocycles. The zero-order valence-corrected chi connectivity index (χ0v) is 10.9. The molecule has 3 aliphatic rings. The number of nitrogens with zero attached hydrogens (tertiary/aromatic N) is 1. The largest absolute Gasteiger partial charge is 0.497 e. The number of ether oxygens (including phenoxy) is 3. The first-order valence-electron chi connectivity index (χ1n) is 6.61. The van der Waals surface area contributed by atoms with Gasteiger partial charge in [-0.15, -0.1) is 0 Å². The Balaban J connectivity index is 1.65. The fourth-order valence-electron chi connectivity index (χ4n) is 3.03. The lowest BCUT2D eigenvalue weighted by Gasteiger charge is -2.32. The number of hydrogen-bond acceptors (Lipinski definition) is 6. The second-order valence-electron chi connectivity index (χ2n) is 5.17. The highest BCUT2D eigenvalue weighted by Gasteiger charge is 2.56. The van der Waals surface area contributed by atoms with Crippen LogP contribution in [0.3, 0.4) is 0 Å². The molecule has 6 nitrogen and oxygen atoms in total. The van der Waals surface area contributed by atoms with Crippen molar-refractivity contribution in [1.29, 1.82) is 0 Å². The van der Waals surface area contributed by atoms with Crippen LogP contribution in [0.5, 0.6) is 5.75 Å². The van der Waals surface area contributed by atoms with Crippen LogP contribution in [-0.4, -0.2) is 49.1 Å². The topological polar surface area (TPSA) is 69.5 Å². The molecule has 20 heavy (non-hydrogen) atoms. The van der Waals surface area contributed by atoms with Gasteiger partial charge in [-0.25, -0.2) is 0 Å². The van der Waals surface area contributed by atoms with Crippen LogP contribution < -0.4 is 4.74 Å². The summed E-state index contributed by atoms with van der Waals surface area (Å²) in [6, 6.07) is 7.61. The number of rotatable bonds is 2.